The van der Waals surface area contributed by atoms with Crippen LogP contribution in [0.5, 0.6) is 0 Å². The molecule has 0 aliphatic heterocycles. The van der Waals surface area contributed by atoms with E-state index in [0.717, 1.165) is 12.1 Å². The Morgan fingerprint density at radius 2 is 1.34 bits per heavy atom. The topological polar surface area (TPSA) is 12.0 Å². The van der Waals surface area contributed by atoms with Crippen molar-refractivity contribution >= 4 is 54.4 Å². The van der Waals surface area contributed by atoms with Gasteiger partial charge in [0.1, 0.15) is 0 Å². The SMILES string of the molecule is CC/C=C(/Nc1ccc(-c2ccc3ccccc3c2)cc1)c1sc2cc3ccccc3cc2c1C. The third kappa shape index (κ3) is 4.11. The molecule has 6 aromatic rings. The van der Waals surface area contributed by atoms with Gasteiger partial charge in [0.05, 0.1) is 10.6 Å². The lowest BCUT2D eigenvalue weighted by molar-refractivity contribution is 1.22. The number of fused-ring (bicyclic) bond motifs is 3. The lowest BCUT2D eigenvalue weighted by atomic mass is 10.0. The summed E-state index contributed by atoms with van der Waals surface area (Å²) in [6.45, 7) is 4.44. The first-order chi connectivity index (χ1) is 17.2. The highest BCUT2D eigenvalue weighted by Crippen LogP contribution is 2.38. The van der Waals surface area contributed by atoms with Crippen LogP contribution in [0.15, 0.2) is 109 Å². The first kappa shape index (κ1) is 21.6. The first-order valence-electron chi connectivity index (χ1n) is 12.2. The van der Waals surface area contributed by atoms with Gasteiger partial charge in [0.25, 0.3) is 0 Å². The van der Waals surface area contributed by atoms with E-state index in [9.17, 15) is 0 Å². The molecule has 0 amide bonds. The van der Waals surface area contributed by atoms with Crippen molar-refractivity contribution in [1.82, 2.24) is 0 Å². The highest BCUT2D eigenvalue weighted by atomic mass is 32.1. The van der Waals surface area contributed by atoms with Crippen LogP contribution in [-0.2, 0) is 0 Å². The summed E-state index contributed by atoms with van der Waals surface area (Å²) < 4.78 is 1.34. The number of allylic oxidation sites excluding steroid dienone is 1. The van der Waals surface area contributed by atoms with Crippen LogP contribution in [-0.4, -0.2) is 0 Å². The van der Waals surface area contributed by atoms with Gasteiger partial charge in [0.2, 0.25) is 0 Å². The highest BCUT2D eigenvalue weighted by Gasteiger charge is 2.14. The molecular formula is C33H27NS. The zero-order valence-electron chi connectivity index (χ0n) is 20.0. The van der Waals surface area contributed by atoms with Crippen LogP contribution in [0, 0.1) is 6.92 Å². The van der Waals surface area contributed by atoms with Crippen molar-refractivity contribution in [3.63, 3.8) is 0 Å². The first-order valence-corrected chi connectivity index (χ1v) is 13.0. The molecule has 0 aliphatic rings. The third-order valence-corrected chi connectivity index (χ3v) is 7.99. The Balaban J connectivity index is 1.32. The molecule has 0 saturated heterocycles. The van der Waals surface area contributed by atoms with Crippen molar-refractivity contribution in [2.75, 3.05) is 5.32 Å². The monoisotopic (exact) mass is 469 g/mol. The van der Waals surface area contributed by atoms with Gasteiger partial charge in [-0.3, -0.25) is 0 Å². The molecule has 0 unspecified atom stereocenters. The summed E-state index contributed by atoms with van der Waals surface area (Å²) in [5, 5.41) is 10.2. The van der Waals surface area contributed by atoms with Gasteiger partial charge < -0.3 is 5.32 Å². The van der Waals surface area contributed by atoms with Gasteiger partial charge in [-0.25, -0.2) is 0 Å². The summed E-state index contributed by atoms with van der Waals surface area (Å²) in [4.78, 5) is 1.32. The number of hydrogen-bond acceptors (Lipinski definition) is 2. The van der Waals surface area contributed by atoms with E-state index < -0.39 is 0 Å². The molecule has 1 heterocycles. The van der Waals surface area contributed by atoms with Crippen molar-refractivity contribution in [3.8, 4) is 11.1 Å². The normalized spacial score (nSPS) is 12.0. The zero-order chi connectivity index (χ0) is 23.8. The standard InChI is InChI=1S/C33H27NS/c1-3-8-31(33-22(2)30-20-26-11-6-7-12-27(26)21-32(30)35-33)34-29-17-15-24(16-18-29)28-14-13-23-9-4-5-10-25(23)19-28/h4-21,34H,3H2,1-2H3/b31-8+. The number of aryl methyl sites for hydroxylation is 1. The van der Waals surface area contributed by atoms with Gasteiger partial charge in [-0.15, -0.1) is 11.3 Å². The number of nitrogens with one attached hydrogen (secondary N) is 1. The molecule has 0 aliphatic carbocycles. The van der Waals surface area contributed by atoms with Crippen molar-refractivity contribution in [3.05, 3.63) is 120 Å². The predicted molar refractivity (Wildman–Crippen MR) is 155 cm³/mol. The molecule has 35 heavy (non-hydrogen) atoms. The maximum absolute atomic E-state index is 3.72. The fourth-order valence-corrected chi connectivity index (χ4v) is 6.07. The molecular weight excluding hydrogens is 442 g/mol. The van der Waals surface area contributed by atoms with E-state index in [2.05, 4.69) is 128 Å². The van der Waals surface area contributed by atoms with Gasteiger partial charge in [-0.2, -0.15) is 0 Å². The molecule has 0 radical (unpaired) electrons. The Kier molecular flexibility index (Phi) is 5.60. The van der Waals surface area contributed by atoms with Crippen LogP contribution in [0.25, 0.3) is 48.5 Å². The van der Waals surface area contributed by atoms with E-state index in [1.54, 1.807) is 0 Å². The average molecular weight is 470 g/mol. The lowest BCUT2D eigenvalue weighted by Crippen LogP contribution is -1.98. The molecule has 0 atom stereocenters. The minimum atomic E-state index is 0.979. The summed E-state index contributed by atoms with van der Waals surface area (Å²) in [5.74, 6) is 0. The molecule has 2 heteroatoms. The summed E-state index contributed by atoms with van der Waals surface area (Å²) in [7, 11) is 0. The van der Waals surface area contributed by atoms with Crippen molar-refractivity contribution in [2.24, 2.45) is 0 Å². The van der Waals surface area contributed by atoms with Crippen LogP contribution in [0.2, 0.25) is 0 Å². The Bertz CT molecular complexity index is 1700. The number of thiophene rings is 1. The van der Waals surface area contributed by atoms with Crippen molar-refractivity contribution < 1.29 is 0 Å². The van der Waals surface area contributed by atoms with Crippen LogP contribution in [0.1, 0.15) is 23.8 Å². The molecule has 5 aromatic carbocycles. The smallest absolute Gasteiger partial charge is 0.0543 e. The Morgan fingerprint density at radius 1 is 0.714 bits per heavy atom. The van der Waals surface area contributed by atoms with Gasteiger partial charge >= 0.3 is 0 Å². The molecule has 0 bridgehead atoms. The summed E-state index contributed by atoms with van der Waals surface area (Å²) in [6, 6.07) is 37.3. The second kappa shape index (κ2) is 9.05. The van der Waals surface area contributed by atoms with Crippen molar-refractivity contribution in [2.45, 2.75) is 20.3 Å². The zero-order valence-corrected chi connectivity index (χ0v) is 20.8. The van der Waals surface area contributed by atoms with E-state index >= 15 is 0 Å². The Morgan fingerprint density at radius 3 is 2.06 bits per heavy atom. The van der Waals surface area contributed by atoms with Gasteiger partial charge in [-0.05, 0) is 87.3 Å². The quantitative estimate of drug-likeness (QED) is 0.265. The van der Waals surface area contributed by atoms with Crippen LogP contribution < -0.4 is 5.32 Å². The van der Waals surface area contributed by atoms with Gasteiger partial charge in [0, 0.05) is 10.4 Å². The van der Waals surface area contributed by atoms with Gasteiger partial charge in [-0.1, -0.05) is 85.8 Å². The van der Waals surface area contributed by atoms with Crippen molar-refractivity contribution in [1.29, 1.82) is 0 Å². The molecule has 6 rings (SSSR count). The van der Waals surface area contributed by atoms with E-state index in [1.807, 2.05) is 11.3 Å². The minimum absolute atomic E-state index is 0.979. The van der Waals surface area contributed by atoms with E-state index in [-0.39, 0.29) is 0 Å². The second-order valence-electron chi connectivity index (χ2n) is 9.04. The highest BCUT2D eigenvalue weighted by molar-refractivity contribution is 7.20. The van der Waals surface area contributed by atoms with Crippen LogP contribution in [0.4, 0.5) is 5.69 Å². The maximum atomic E-state index is 3.72. The maximum Gasteiger partial charge on any atom is 0.0543 e. The average Bonchev–Trinajstić information content (AvgIpc) is 3.22. The number of hydrogen-bond donors (Lipinski definition) is 1. The lowest BCUT2D eigenvalue weighted by Gasteiger charge is -2.12. The van der Waals surface area contributed by atoms with E-state index in [0.29, 0.717) is 0 Å². The van der Waals surface area contributed by atoms with Crippen LogP contribution >= 0.6 is 11.3 Å². The molecule has 1 nitrogen and oxygen atoms in total. The molecule has 0 spiro atoms. The Hall–Kier alpha value is -3.88. The second-order valence-corrected chi connectivity index (χ2v) is 10.1. The number of rotatable bonds is 5. The predicted octanol–water partition coefficient (Wildman–Crippen LogP) is 10.0. The molecule has 0 fully saturated rings. The molecule has 1 aromatic heterocycles. The largest absolute Gasteiger partial charge is 0.355 e. The van der Waals surface area contributed by atoms with E-state index in [4.69, 9.17) is 0 Å². The minimum Gasteiger partial charge on any atom is -0.355 e. The summed E-state index contributed by atoms with van der Waals surface area (Å²) >= 11 is 1.88. The van der Waals surface area contributed by atoms with Crippen LogP contribution in [0.3, 0.4) is 0 Å². The van der Waals surface area contributed by atoms with Gasteiger partial charge in [0.15, 0.2) is 0 Å². The molecule has 0 saturated carbocycles. The molecule has 1 N–H and O–H groups in total. The number of benzene rings is 5. The summed E-state index contributed by atoms with van der Waals surface area (Å²) in [6.07, 6.45) is 3.28. The fraction of sp³-hybridized carbons (Fsp3) is 0.0909. The summed E-state index contributed by atoms with van der Waals surface area (Å²) in [5.41, 5.74) is 6.11. The Labute approximate surface area is 210 Å². The number of anilines is 1. The molecule has 170 valence electrons. The van der Waals surface area contributed by atoms with E-state index in [1.165, 1.54) is 58.9 Å². The fourth-order valence-electron chi connectivity index (χ4n) is 4.84. The third-order valence-electron chi connectivity index (χ3n) is 6.70.